The first-order valence-corrected chi connectivity index (χ1v) is 10.2. The molecule has 0 aliphatic carbocycles. The molecule has 1 N–H and O–H groups in total. The van der Waals surface area contributed by atoms with Crippen molar-refractivity contribution in [3.05, 3.63) is 82.7 Å². The lowest BCUT2D eigenvalue weighted by Gasteiger charge is -2.32. The van der Waals surface area contributed by atoms with Crippen LogP contribution in [0.5, 0.6) is 0 Å². The fourth-order valence-electron chi connectivity index (χ4n) is 4.36. The third kappa shape index (κ3) is 3.03. The fraction of sp³-hybridized carbons (Fsp3) is 0.261. The number of para-hydroxylation sites is 2. The number of fused-ring (bicyclic) bond motifs is 1. The highest BCUT2D eigenvalue weighted by atomic mass is 16.2. The second kappa shape index (κ2) is 7.33. The first-order valence-electron chi connectivity index (χ1n) is 10.2. The quantitative estimate of drug-likeness (QED) is 0.573. The first-order chi connectivity index (χ1) is 14.6. The maximum absolute atomic E-state index is 13.3. The van der Waals surface area contributed by atoms with Crippen LogP contribution < -0.4 is 5.69 Å². The second-order valence-corrected chi connectivity index (χ2v) is 7.77. The van der Waals surface area contributed by atoms with Crippen molar-refractivity contribution in [3.63, 3.8) is 0 Å². The smallest absolute Gasteiger partial charge is 0.350 e. The van der Waals surface area contributed by atoms with Gasteiger partial charge in [-0.25, -0.2) is 14.0 Å². The molecule has 3 heterocycles. The molecule has 2 aromatic heterocycles. The lowest BCUT2D eigenvalue weighted by Crippen LogP contribution is -2.40. The molecule has 1 saturated heterocycles. The maximum atomic E-state index is 13.3. The van der Waals surface area contributed by atoms with Crippen molar-refractivity contribution in [1.29, 1.82) is 0 Å². The molecule has 1 aliphatic heterocycles. The van der Waals surface area contributed by atoms with E-state index in [1.807, 2.05) is 59.5 Å². The first kappa shape index (κ1) is 18.4. The summed E-state index contributed by atoms with van der Waals surface area (Å²) in [5, 5.41) is 5.47. The summed E-state index contributed by atoms with van der Waals surface area (Å²) in [6.45, 7) is 1.25. The number of rotatable bonds is 3. The van der Waals surface area contributed by atoms with Gasteiger partial charge in [0.15, 0.2) is 0 Å². The normalized spacial score (nSPS) is 16.8. The van der Waals surface area contributed by atoms with Crippen molar-refractivity contribution in [2.45, 2.75) is 18.8 Å². The number of carbonyl (C=O) groups excluding carboxylic acids is 1. The third-order valence-electron chi connectivity index (χ3n) is 5.86. The Kier molecular flexibility index (Phi) is 4.50. The molecule has 1 amide bonds. The molecular weight excluding hydrogens is 378 g/mol. The number of hydrogen-bond acceptors (Lipinski definition) is 3. The van der Waals surface area contributed by atoms with Gasteiger partial charge in [-0.05, 0) is 31.0 Å². The number of hydrogen-bond donors (Lipinski definition) is 1. The molecule has 5 rings (SSSR count). The molecule has 7 nitrogen and oxygen atoms in total. The summed E-state index contributed by atoms with van der Waals surface area (Å²) in [7, 11) is 1.67. The summed E-state index contributed by atoms with van der Waals surface area (Å²) in [5.41, 5.74) is 2.27. The molecule has 1 aliphatic rings. The van der Waals surface area contributed by atoms with Gasteiger partial charge in [0, 0.05) is 43.2 Å². The van der Waals surface area contributed by atoms with Crippen molar-refractivity contribution in [1.82, 2.24) is 24.2 Å². The van der Waals surface area contributed by atoms with Gasteiger partial charge in [-0.2, -0.15) is 5.10 Å². The highest BCUT2D eigenvalue weighted by molar-refractivity contribution is 6.06. The molecule has 7 heteroatoms. The van der Waals surface area contributed by atoms with E-state index < -0.39 is 0 Å². The van der Waals surface area contributed by atoms with E-state index in [2.05, 4.69) is 10.1 Å². The highest BCUT2D eigenvalue weighted by Gasteiger charge is 2.30. The number of aromatic amines is 1. The average molecular weight is 401 g/mol. The Morgan fingerprint density at radius 1 is 1.10 bits per heavy atom. The van der Waals surface area contributed by atoms with Crippen LogP contribution >= 0.6 is 0 Å². The van der Waals surface area contributed by atoms with Crippen LogP contribution in [0.2, 0.25) is 0 Å². The summed E-state index contributed by atoms with van der Waals surface area (Å²) < 4.78 is 3.05. The second-order valence-electron chi connectivity index (χ2n) is 7.77. The zero-order valence-corrected chi connectivity index (χ0v) is 16.8. The van der Waals surface area contributed by atoms with E-state index in [-0.39, 0.29) is 17.5 Å². The SMILES string of the molecule is Cn1nc(C2CCCN(C(=O)c3c[nH]c4ccccc34)C2)n(-c2ccccc2)c1=O. The predicted octanol–water partition coefficient (Wildman–Crippen LogP) is 3.07. The lowest BCUT2D eigenvalue weighted by molar-refractivity contribution is 0.0706. The standard InChI is InChI=1S/C23H23N5O2/c1-26-23(30)28(17-9-3-2-4-10-17)21(25-26)16-8-7-13-27(15-16)22(29)19-14-24-20-12-6-5-11-18(19)20/h2-6,9-12,14,16,24H,7-8,13,15H2,1H3. The molecule has 4 aromatic rings. The molecule has 0 spiro atoms. The molecule has 2 aromatic carbocycles. The van der Waals surface area contributed by atoms with Crippen LogP contribution in [0.3, 0.4) is 0 Å². The summed E-state index contributed by atoms with van der Waals surface area (Å²) >= 11 is 0. The summed E-state index contributed by atoms with van der Waals surface area (Å²) in [5.74, 6) is 0.730. The lowest BCUT2D eigenvalue weighted by atomic mass is 9.96. The van der Waals surface area contributed by atoms with Gasteiger partial charge in [-0.3, -0.25) is 4.79 Å². The van der Waals surface area contributed by atoms with E-state index in [9.17, 15) is 9.59 Å². The van der Waals surface area contributed by atoms with Crippen LogP contribution in [0.4, 0.5) is 0 Å². The largest absolute Gasteiger partial charge is 0.360 e. The van der Waals surface area contributed by atoms with E-state index >= 15 is 0 Å². The van der Waals surface area contributed by atoms with Crippen LogP contribution in [0.1, 0.15) is 34.9 Å². The monoisotopic (exact) mass is 401 g/mol. The predicted molar refractivity (Wildman–Crippen MR) is 115 cm³/mol. The Labute approximate surface area is 173 Å². The highest BCUT2D eigenvalue weighted by Crippen LogP contribution is 2.28. The molecule has 0 saturated carbocycles. The molecular formula is C23H23N5O2. The number of nitrogens with one attached hydrogen (secondary N) is 1. The summed E-state index contributed by atoms with van der Waals surface area (Å²) in [6, 6.07) is 17.4. The number of H-pyrrole nitrogens is 1. The molecule has 0 bridgehead atoms. The van der Waals surface area contributed by atoms with Crippen LogP contribution in [0.15, 0.2) is 65.6 Å². The van der Waals surface area contributed by atoms with Crippen molar-refractivity contribution in [2.24, 2.45) is 7.05 Å². The van der Waals surface area contributed by atoms with E-state index in [4.69, 9.17) is 0 Å². The average Bonchev–Trinajstić information content (AvgIpc) is 3.35. The summed E-state index contributed by atoms with van der Waals surface area (Å²) in [4.78, 5) is 31.1. The van der Waals surface area contributed by atoms with Crippen molar-refractivity contribution in [2.75, 3.05) is 13.1 Å². The van der Waals surface area contributed by atoms with Crippen LogP contribution in [0, 0.1) is 0 Å². The van der Waals surface area contributed by atoms with E-state index in [0.29, 0.717) is 24.5 Å². The minimum absolute atomic E-state index is 0.00186. The van der Waals surface area contributed by atoms with E-state index in [1.165, 1.54) is 4.68 Å². The zero-order chi connectivity index (χ0) is 20.7. The zero-order valence-electron chi connectivity index (χ0n) is 16.8. The number of carbonyl (C=O) groups is 1. The van der Waals surface area contributed by atoms with Crippen molar-refractivity contribution >= 4 is 16.8 Å². The Balaban J connectivity index is 1.47. The van der Waals surface area contributed by atoms with Gasteiger partial charge in [0.25, 0.3) is 5.91 Å². The minimum Gasteiger partial charge on any atom is -0.360 e. The Hall–Kier alpha value is -3.61. The third-order valence-corrected chi connectivity index (χ3v) is 5.86. The maximum Gasteiger partial charge on any atom is 0.350 e. The van der Waals surface area contributed by atoms with Crippen LogP contribution in [0.25, 0.3) is 16.6 Å². The number of piperidine rings is 1. The number of aromatic nitrogens is 4. The number of likely N-dealkylation sites (tertiary alicyclic amines) is 1. The van der Waals surface area contributed by atoms with Gasteiger partial charge in [0.2, 0.25) is 0 Å². The van der Waals surface area contributed by atoms with E-state index in [1.54, 1.807) is 17.8 Å². The van der Waals surface area contributed by atoms with Crippen molar-refractivity contribution in [3.8, 4) is 5.69 Å². The Morgan fingerprint density at radius 2 is 1.87 bits per heavy atom. The molecule has 30 heavy (non-hydrogen) atoms. The van der Waals surface area contributed by atoms with Gasteiger partial charge < -0.3 is 9.88 Å². The van der Waals surface area contributed by atoms with Gasteiger partial charge in [-0.1, -0.05) is 36.4 Å². The molecule has 1 unspecified atom stereocenters. The number of benzene rings is 2. The molecule has 1 atom stereocenters. The van der Waals surface area contributed by atoms with Crippen LogP contribution in [-0.2, 0) is 7.05 Å². The van der Waals surface area contributed by atoms with Gasteiger partial charge >= 0.3 is 5.69 Å². The van der Waals surface area contributed by atoms with Crippen molar-refractivity contribution < 1.29 is 4.79 Å². The number of aryl methyl sites for hydroxylation is 1. The number of amides is 1. The topological polar surface area (TPSA) is 75.9 Å². The van der Waals surface area contributed by atoms with Crippen LogP contribution in [-0.4, -0.2) is 43.2 Å². The molecule has 152 valence electrons. The Morgan fingerprint density at radius 3 is 2.70 bits per heavy atom. The number of nitrogens with zero attached hydrogens (tertiary/aromatic N) is 4. The Bertz CT molecular complexity index is 1270. The summed E-state index contributed by atoms with van der Waals surface area (Å²) in [6.07, 6.45) is 3.55. The van der Waals surface area contributed by atoms with Gasteiger partial charge in [0.1, 0.15) is 5.82 Å². The minimum atomic E-state index is -0.170. The fourth-order valence-corrected chi connectivity index (χ4v) is 4.36. The van der Waals surface area contributed by atoms with Gasteiger partial charge in [0.05, 0.1) is 11.3 Å². The van der Waals surface area contributed by atoms with Gasteiger partial charge in [-0.15, -0.1) is 0 Å². The molecule has 0 radical (unpaired) electrons. The van der Waals surface area contributed by atoms with E-state index in [0.717, 1.165) is 29.4 Å². The molecule has 1 fully saturated rings.